The molecule has 0 atom stereocenters. The lowest BCUT2D eigenvalue weighted by Crippen LogP contribution is -2.08. The van der Waals surface area contributed by atoms with Crippen LogP contribution in [0.15, 0.2) is 17.0 Å². The molecule has 0 aliphatic rings. The second-order valence-electron chi connectivity index (χ2n) is 5.13. The monoisotopic (exact) mass is 297 g/mol. The summed E-state index contributed by atoms with van der Waals surface area (Å²) in [4.78, 5) is 16.6. The largest absolute Gasteiger partial charge is 0.485 e. The predicted molar refractivity (Wildman–Crippen MR) is 76.4 cm³/mol. The second-order valence-corrected chi connectivity index (χ2v) is 6.90. The van der Waals surface area contributed by atoms with E-state index in [0.717, 1.165) is 10.6 Å². The maximum absolute atomic E-state index is 11.2. The summed E-state index contributed by atoms with van der Waals surface area (Å²) < 4.78 is 5.59. The van der Waals surface area contributed by atoms with Gasteiger partial charge in [-0.2, -0.15) is 0 Å². The van der Waals surface area contributed by atoms with Crippen molar-refractivity contribution in [1.29, 1.82) is 0 Å². The number of carbonyl (C=O) groups is 1. The molecular weight excluding hydrogens is 282 g/mol. The molecule has 19 heavy (non-hydrogen) atoms. The molecule has 0 fully saturated rings. The zero-order valence-electron chi connectivity index (χ0n) is 11.0. The quantitative estimate of drug-likeness (QED) is 0.933. The van der Waals surface area contributed by atoms with Gasteiger partial charge in [-0.3, -0.25) is 0 Å². The van der Waals surface area contributed by atoms with Gasteiger partial charge in [-0.1, -0.05) is 20.8 Å². The van der Waals surface area contributed by atoms with Crippen molar-refractivity contribution >= 4 is 28.6 Å². The Balaban J connectivity index is 2.23. The van der Waals surface area contributed by atoms with Gasteiger partial charge in [-0.05, 0) is 11.5 Å². The van der Waals surface area contributed by atoms with Gasteiger partial charge in [-0.25, -0.2) is 9.78 Å². The molecule has 0 aromatic carbocycles. The van der Waals surface area contributed by atoms with Gasteiger partial charge in [-0.15, -0.1) is 22.7 Å². The predicted octanol–water partition coefficient (Wildman–Crippen LogP) is 3.78. The van der Waals surface area contributed by atoms with Crippen LogP contribution in [0.2, 0.25) is 0 Å². The second kappa shape index (κ2) is 5.30. The lowest BCUT2D eigenvalue weighted by atomic mass is 9.95. The minimum absolute atomic E-state index is 0.0862. The third-order valence-corrected chi connectivity index (χ3v) is 4.66. The van der Waals surface area contributed by atoms with E-state index in [1.54, 1.807) is 5.51 Å². The summed E-state index contributed by atoms with van der Waals surface area (Å²) in [6.07, 6.45) is 0. The third kappa shape index (κ3) is 3.33. The molecule has 2 aromatic rings. The van der Waals surface area contributed by atoms with E-state index in [4.69, 9.17) is 4.74 Å². The number of aromatic carboxylic acids is 1. The summed E-state index contributed by atoms with van der Waals surface area (Å²) >= 11 is 2.76. The van der Waals surface area contributed by atoms with Crippen LogP contribution in [0, 0.1) is 0 Å². The number of hydrogen-bond donors (Lipinski definition) is 1. The van der Waals surface area contributed by atoms with E-state index in [2.05, 4.69) is 25.8 Å². The van der Waals surface area contributed by atoms with Gasteiger partial charge in [0.2, 0.25) is 0 Å². The highest BCUT2D eigenvalue weighted by molar-refractivity contribution is 7.14. The molecule has 102 valence electrons. The average molecular weight is 297 g/mol. The summed E-state index contributed by atoms with van der Waals surface area (Å²) in [7, 11) is 0. The minimum atomic E-state index is -0.950. The van der Waals surface area contributed by atoms with Gasteiger partial charge in [0.05, 0.1) is 11.2 Å². The first kappa shape index (κ1) is 14.0. The normalized spacial score (nSPS) is 11.5. The van der Waals surface area contributed by atoms with Gasteiger partial charge < -0.3 is 9.84 Å². The Morgan fingerprint density at radius 1 is 1.47 bits per heavy atom. The van der Waals surface area contributed by atoms with Crippen molar-refractivity contribution in [2.75, 3.05) is 0 Å². The Kier molecular flexibility index (Phi) is 3.91. The summed E-state index contributed by atoms with van der Waals surface area (Å²) in [5.74, 6) is -0.524. The van der Waals surface area contributed by atoms with Crippen LogP contribution in [0.4, 0.5) is 0 Å². The highest BCUT2D eigenvalue weighted by Crippen LogP contribution is 2.37. The van der Waals surface area contributed by atoms with Gasteiger partial charge in [0, 0.05) is 10.3 Å². The van der Waals surface area contributed by atoms with Crippen LogP contribution in [0.3, 0.4) is 0 Å². The summed E-state index contributed by atoms with van der Waals surface area (Å²) in [6, 6.07) is 1.82. The highest BCUT2D eigenvalue weighted by atomic mass is 32.1. The smallest absolute Gasteiger partial charge is 0.349 e. The fraction of sp³-hybridized carbons (Fsp3) is 0.385. The molecule has 0 bridgehead atoms. The fourth-order valence-corrected chi connectivity index (χ4v) is 3.00. The van der Waals surface area contributed by atoms with E-state index >= 15 is 0 Å². The van der Waals surface area contributed by atoms with E-state index in [-0.39, 0.29) is 10.3 Å². The molecule has 0 unspecified atom stereocenters. The van der Waals surface area contributed by atoms with Gasteiger partial charge in [0.25, 0.3) is 0 Å². The van der Waals surface area contributed by atoms with Gasteiger partial charge in [0.1, 0.15) is 12.4 Å². The molecule has 0 aliphatic carbocycles. The van der Waals surface area contributed by atoms with Crippen molar-refractivity contribution < 1.29 is 14.6 Å². The molecule has 0 aliphatic heterocycles. The Labute approximate surface area is 119 Å². The molecule has 2 heterocycles. The lowest BCUT2D eigenvalue weighted by molar-refractivity contribution is 0.0697. The Morgan fingerprint density at radius 3 is 2.74 bits per heavy atom. The molecule has 1 N–H and O–H groups in total. The first-order valence-electron chi connectivity index (χ1n) is 5.75. The number of ether oxygens (including phenoxy) is 1. The molecule has 6 heteroatoms. The summed E-state index contributed by atoms with van der Waals surface area (Å²) in [6.45, 7) is 6.45. The number of aromatic nitrogens is 1. The zero-order chi connectivity index (χ0) is 14.0. The maximum atomic E-state index is 11.2. The van der Waals surface area contributed by atoms with Crippen molar-refractivity contribution in [3.05, 3.63) is 32.4 Å². The van der Waals surface area contributed by atoms with Crippen molar-refractivity contribution in [3.8, 4) is 5.75 Å². The van der Waals surface area contributed by atoms with Crippen LogP contribution in [-0.4, -0.2) is 16.1 Å². The van der Waals surface area contributed by atoms with Crippen LogP contribution in [0.1, 0.15) is 41.0 Å². The number of hydrogen-bond acceptors (Lipinski definition) is 5. The lowest BCUT2D eigenvalue weighted by Gasteiger charge is -2.14. The molecule has 2 aromatic heterocycles. The topological polar surface area (TPSA) is 59.4 Å². The number of carboxylic acid groups (broad SMARTS) is 1. The molecule has 2 rings (SSSR count). The Morgan fingerprint density at radius 2 is 2.21 bits per heavy atom. The molecule has 0 spiro atoms. The van der Waals surface area contributed by atoms with Gasteiger partial charge in [0.15, 0.2) is 4.88 Å². The van der Waals surface area contributed by atoms with Crippen LogP contribution in [-0.2, 0) is 12.0 Å². The Bertz CT molecular complexity index is 567. The molecule has 4 nitrogen and oxygen atoms in total. The van der Waals surface area contributed by atoms with Gasteiger partial charge >= 0.3 is 5.97 Å². The van der Waals surface area contributed by atoms with Crippen LogP contribution >= 0.6 is 22.7 Å². The maximum Gasteiger partial charge on any atom is 0.349 e. The van der Waals surface area contributed by atoms with E-state index in [0.29, 0.717) is 12.4 Å². The van der Waals surface area contributed by atoms with Crippen molar-refractivity contribution in [2.24, 2.45) is 0 Å². The van der Waals surface area contributed by atoms with E-state index in [1.165, 1.54) is 22.7 Å². The van der Waals surface area contributed by atoms with Crippen LogP contribution in [0.5, 0.6) is 5.75 Å². The number of thiazole rings is 1. The number of rotatable bonds is 4. The molecular formula is C13H15NO3S2. The van der Waals surface area contributed by atoms with Crippen molar-refractivity contribution in [3.63, 3.8) is 0 Å². The average Bonchev–Trinajstić information content (AvgIpc) is 2.94. The zero-order valence-corrected chi connectivity index (χ0v) is 12.6. The number of carboxylic acids is 1. The standard InChI is InChI=1S/C13H15NO3S2/c1-13(2,3)10-4-9(11(19-10)12(15)16)17-5-8-6-18-7-14-8/h4,6-7H,5H2,1-3H3,(H,15,16). The van der Waals surface area contributed by atoms with Crippen LogP contribution in [0.25, 0.3) is 0 Å². The van der Waals surface area contributed by atoms with E-state index in [1.807, 2.05) is 11.4 Å². The molecule has 0 saturated heterocycles. The Hall–Kier alpha value is -1.40. The third-order valence-electron chi connectivity index (χ3n) is 2.49. The van der Waals surface area contributed by atoms with Crippen LogP contribution < -0.4 is 4.74 Å². The fourth-order valence-electron chi connectivity index (χ4n) is 1.46. The summed E-state index contributed by atoms with van der Waals surface area (Å²) in [5, 5.41) is 11.1. The highest BCUT2D eigenvalue weighted by Gasteiger charge is 2.23. The molecule has 0 saturated carbocycles. The summed E-state index contributed by atoms with van der Waals surface area (Å²) in [5.41, 5.74) is 2.45. The molecule has 0 amide bonds. The molecule has 0 radical (unpaired) electrons. The van der Waals surface area contributed by atoms with E-state index < -0.39 is 5.97 Å². The first-order valence-corrected chi connectivity index (χ1v) is 7.51. The SMILES string of the molecule is CC(C)(C)c1cc(OCc2cscn2)c(C(=O)O)s1. The van der Waals surface area contributed by atoms with Crippen molar-refractivity contribution in [2.45, 2.75) is 32.8 Å². The minimum Gasteiger partial charge on any atom is -0.485 e. The van der Waals surface area contributed by atoms with Crippen molar-refractivity contribution in [1.82, 2.24) is 4.98 Å². The van der Waals surface area contributed by atoms with E-state index in [9.17, 15) is 9.90 Å². The first-order chi connectivity index (χ1) is 8.88. The number of nitrogens with zero attached hydrogens (tertiary/aromatic N) is 1. The number of thiophene rings is 1.